The standard InChI is InChI=1S/C10H17NO2/c11-5-9(10(12)13)8-4-6-1-2-7(8)3-6/h6-9H,1-5,11H2,(H,12,13). The van der Waals surface area contributed by atoms with E-state index in [-0.39, 0.29) is 5.92 Å². The van der Waals surface area contributed by atoms with Crippen LogP contribution in [0.25, 0.3) is 0 Å². The van der Waals surface area contributed by atoms with Crippen LogP contribution in [-0.4, -0.2) is 17.6 Å². The van der Waals surface area contributed by atoms with Crippen LogP contribution in [0.15, 0.2) is 0 Å². The number of aliphatic carboxylic acids is 1. The first-order chi connectivity index (χ1) is 6.22. The van der Waals surface area contributed by atoms with Crippen LogP contribution in [0.3, 0.4) is 0 Å². The Balaban J connectivity index is 2.04. The van der Waals surface area contributed by atoms with Crippen molar-refractivity contribution in [1.29, 1.82) is 0 Å². The molecule has 3 heteroatoms. The van der Waals surface area contributed by atoms with E-state index in [4.69, 9.17) is 10.8 Å². The molecule has 2 rings (SSSR count). The molecule has 0 aromatic rings. The van der Waals surface area contributed by atoms with Crippen LogP contribution in [0.4, 0.5) is 0 Å². The Hall–Kier alpha value is -0.570. The zero-order valence-electron chi connectivity index (χ0n) is 7.78. The van der Waals surface area contributed by atoms with Gasteiger partial charge in [0.05, 0.1) is 5.92 Å². The van der Waals surface area contributed by atoms with Crippen LogP contribution in [0.5, 0.6) is 0 Å². The topological polar surface area (TPSA) is 63.3 Å². The molecule has 0 spiro atoms. The summed E-state index contributed by atoms with van der Waals surface area (Å²) in [7, 11) is 0. The molecule has 2 bridgehead atoms. The van der Waals surface area contributed by atoms with Gasteiger partial charge in [-0.2, -0.15) is 0 Å². The number of hydrogen-bond donors (Lipinski definition) is 2. The highest BCUT2D eigenvalue weighted by atomic mass is 16.4. The minimum absolute atomic E-state index is 0.282. The number of carbonyl (C=O) groups is 1. The van der Waals surface area contributed by atoms with Gasteiger partial charge in [0, 0.05) is 6.54 Å². The van der Waals surface area contributed by atoms with Gasteiger partial charge in [-0.3, -0.25) is 4.79 Å². The molecule has 3 nitrogen and oxygen atoms in total. The smallest absolute Gasteiger partial charge is 0.308 e. The molecule has 0 aromatic heterocycles. The second-order valence-corrected chi connectivity index (χ2v) is 4.52. The van der Waals surface area contributed by atoms with Gasteiger partial charge in [-0.15, -0.1) is 0 Å². The molecule has 0 aliphatic heterocycles. The molecule has 3 N–H and O–H groups in total. The zero-order valence-corrected chi connectivity index (χ0v) is 7.78. The lowest BCUT2D eigenvalue weighted by molar-refractivity contribution is -0.144. The highest BCUT2D eigenvalue weighted by molar-refractivity contribution is 5.70. The molecule has 0 amide bonds. The largest absolute Gasteiger partial charge is 0.481 e. The fraction of sp³-hybridized carbons (Fsp3) is 0.900. The van der Waals surface area contributed by atoms with E-state index in [2.05, 4.69) is 0 Å². The second-order valence-electron chi connectivity index (χ2n) is 4.52. The molecule has 4 unspecified atom stereocenters. The molecule has 13 heavy (non-hydrogen) atoms. The molecule has 2 fully saturated rings. The van der Waals surface area contributed by atoms with E-state index < -0.39 is 5.97 Å². The number of carboxylic acid groups (broad SMARTS) is 1. The minimum atomic E-state index is -0.694. The van der Waals surface area contributed by atoms with E-state index in [0.717, 1.165) is 12.3 Å². The highest BCUT2D eigenvalue weighted by Gasteiger charge is 2.44. The minimum Gasteiger partial charge on any atom is -0.481 e. The van der Waals surface area contributed by atoms with Gasteiger partial charge >= 0.3 is 5.97 Å². The Morgan fingerprint density at radius 2 is 2.23 bits per heavy atom. The monoisotopic (exact) mass is 183 g/mol. The highest BCUT2D eigenvalue weighted by Crippen LogP contribution is 2.50. The van der Waals surface area contributed by atoms with Gasteiger partial charge in [0.2, 0.25) is 0 Å². The number of fused-ring (bicyclic) bond motifs is 2. The van der Waals surface area contributed by atoms with Gasteiger partial charge in [0.15, 0.2) is 0 Å². The first kappa shape index (κ1) is 9.00. The van der Waals surface area contributed by atoms with Crippen LogP contribution in [0, 0.1) is 23.7 Å². The second kappa shape index (κ2) is 3.29. The molecule has 0 radical (unpaired) electrons. The number of hydrogen-bond acceptors (Lipinski definition) is 2. The SMILES string of the molecule is NCC(C(=O)O)C1CC2CCC1C2. The summed E-state index contributed by atoms with van der Waals surface area (Å²) in [5.74, 6) is 0.870. The lowest BCUT2D eigenvalue weighted by Gasteiger charge is -2.26. The van der Waals surface area contributed by atoms with Gasteiger partial charge in [0.1, 0.15) is 0 Å². The third kappa shape index (κ3) is 1.46. The molecule has 4 atom stereocenters. The van der Waals surface area contributed by atoms with Gasteiger partial charge in [-0.05, 0) is 37.0 Å². The maximum absolute atomic E-state index is 10.9. The van der Waals surface area contributed by atoms with Crippen molar-refractivity contribution in [2.75, 3.05) is 6.54 Å². The zero-order chi connectivity index (χ0) is 9.42. The fourth-order valence-electron chi connectivity index (χ4n) is 3.25. The van der Waals surface area contributed by atoms with Gasteiger partial charge in [0.25, 0.3) is 0 Å². The number of rotatable bonds is 3. The van der Waals surface area contributed by atoms with Gasteiger partial charge in [-0.25, -0.2) is 0 Å². The van der Waals surface area contributed by atoms with Crippen molar-refractivity contribution in [1.82, 2.24) is 0 Å². The van der Waals surface area contributed by atoms with E-state index in [1.807, 2.05) is 0 Å². The molecule has 2 aliphatic carbocycles. The third-order valence-electron chi connectivity index (χ3n) is 3.88. The van der Waals surface area contributed by atoms with Crippen LogP contribution in [-0.2, 0) is 4.79 Å². The van der Waals surface area contributed by atoms with Crippen molar-refractivity contribution in [3.63, 3.8) is 0 Å². The van der Waals surface area contributed by atoms with Gasteiger partial charge in [-0.1, -0.05) is 6.42 Å². The summed E-state index contributed by atoms with van der Waals surface area (Å²) >= 11 is 0. The Kier molecular flexibility index (Phi) is 2.28. The fourth-order valence-corrected chi connectivity index (χ4v) is 3.25. The molecule has 2 saturated carbocycles. The van der Waals surface area contributed by atoms with Crippen molar-refractivity contribution in [2.24, 2.45) is 29.4 Å². The van der Waals surface area contributed by atoms with Crippen LogP contribution in [0.2, 0.25) is 0 Å². The lowest BCUT2D eigenvalue weighted by atomic mass is 9.79. The normalized spacial score (nSPS) is 39.3. The maximum Gasteiger partial charge on any atom is 0.308 e. The Bertz CT molecular complexity index is 217. The van der Waals surface area contributed by atoms with E-state index in [1.165, 1.54) is 19.3 Å². The summed E-state index contributed by atoms with van der Waals surface area (Å²) in [6.07, 6.45) is 4.92. The number of carboxylic acids is 1. The van der Waals surface area contributed by atoms with Crippen molar-refractivity contribution in [2.45, 2.75) is 25.7 Å². The maximum atomic E-state index is 10.9. The van der Waals surface area contributed by atoms with Crippen LogP contribution < -0.4 is 5.73 Å². The molecule has 0 aromatic carbocycles. The quantitative estimate of drug-likeness (QED) is 0.688. The van der Waals surface area contributed by atoms with Crippen molar-refractivity contribution in [3.8, 4) is 0 Å². The van der Waals surface area contributed by atoms with E-state index in [9.17, 15) is 4.79 Å². The molecular weight excluding hydrogens is 166 g/mol. The molecule has 0 saturated heterocycles. The van der Waals surface area contributed by atoms with Gasteiger partial charge < -0.3 is 10.8 Å². The average molecular weight is 183 g/mol. The summed E-state index contributed by atoms with van der Waals surface area (Å²) < 4.78 is 0. The van der Waals surface area contributed by atoms with Crippen molar-refractivity contribution >= 4 is 5.97 Å². The molecular formula is C10H17NO2. The first-order valence-electron chi connectivity index (χ1n) is 5.15. The Labute approximate surface area is 78.3 Å². The summed E-state index contributed by atoms with van der Waals surface area (Å²) in [5.41, 5.74) is 5.50. The summed E-state index contributed by atoms with van der Waals surface area (Å²) in [6, 6.07) is 0. The molecule has 74 valence electrons. The van der Waals surface area contributed by atoms with Crippen LogP contribution >= 0.6 is 0 Å². The predicted molar refractivity (Wildman–Crippen MR) is 49.1 cm³/mol. The van der Waals surface area contributed by atoms with Crippen molar-refractivity contribution < 1.29 is 9.90 Å². The van der Waals surface area contributed by atoms with E-state index in [0.29, 0.717) is 18.4 Å². The average Bonchev–Trinajstić information content (AvgIpc) is 2.65. The third-order valence-corrected chi connectivity index (χ3v) is 3.88. The summed E-state index contributed by atoms with van der Waals surface area (Å²) in [4.78, 5) is 10.9. The molecule has 2 aliphatic rings. The van der Waals surface area contributed by atoms with E-state index >= 15 is 0 Å². The van der Waals surface area contributed by atoms with Crippen molar-refractivity contribution in [3.05, 3.63) is 0 Å². The summed E-state index contributed by atoms with van der Waals surface area (Å²) in [6.45, 7) is 0.309. The Morgan fingerprint density at radius 1 is 1.46 bits per heavy atom. The molecule has 0 heterocycles. The summed E-state index contributed by atoms with van der Waals surface area (Å²) in [5, 5.41) is 8.98. The predicted octanol–water partition coefficient (Wildman–Crippen LogP) is 1.08. The lowest BCUT2D eigenvalue weighted by Crippen LogP contribution is -2.33. The Morgan fingerprint density at radius 3 is 2.62 bits per heavy atom. The van der Waals surface area contributed by atoms with E-state index in [1.54, 1.807) is 0 Å². The first-order valence-corrected chi connectivity index (χ1v) is 5.15. The number of nitrogens with two attached hydrogens (primary N) is 1. The van der Waals surface area contributed by atoms with Crippen LogP contribution in [0.1, 0.15) is 25.7 Å².